The van der Waals surface area contributed by atoms with Crippen molar-refractivity contribution in [1.29, 1.82) is 0 Å². The molecule has 1 heterocycles. The van der Waals surface area contributed by atoms with Gasteiger partial charge in [-0.25, -0.2) is 0 Å². The zero-order valence-electron chi connectivity index (χ0n) is 15.8. The van der Waals surface area contributed by atoms with Crippen LogP contribution in [0.2, 0.25) is 5.31 Å². The molecule has 2 nitrogen and oxygen atoms in total. The molecule has 0 radical (unpaired) electrons. The first-order valence-corrected chi connectivity index (χ1v) is 8.89. The Kier molecular flexibility index (Phi) is 3.78. The number of benzene rings is 1. The first-order valence-electron chi connectivity index (χ1n) is 8.89. The Morgan fingerprint density at radius 2 is 1.39 bits per heavy atom. The van der Waals surface area contributed by atoms with Gasteiger partial charge < -0.3 is 9.31 Å². The fourth-order valence-electron chi connectivity index (χ4n) is 4.01. The fraction of sp³-hybridized carbons (Fsp3) is 0.700. The monoisotopic (exact) mass is 314 g/mol. The van der Waals surface area contributed by atoms with Crippen molar-refractivity contribution in [1.82, 2.24) is 0 Å². The molecule has 0 unspecified atom stereocenters. The highest BCUT2D eigenvalue weighted by Gasteiger charge is 2.67. The summed E-state index contributed by atoms with van der Waals surface area (Å²) in [4.78, 5) is 0. The first kappa shape index (κ1) is 17.0. The second kappa shape index (κ2) is 5.10. The molecular weight excluding hydrogens is 283 g/mol. The fourth-order valence-corrected chi connectivity index (χ4v) is 4.01. The van der Waals surface area contributed by atoms with Gasteiger partial charge in [-0.05, 0) is 57.4 Å². The van der Waals surface area contributed by atoms with Crippen LogP contribution in [0.25, 0.3) is 0 Å². The van der Waals surface area contributed by atoms with Crippen molar-refractivity contribution in [2.75, 3.05) is 0 Å². The van der Waals surface area contributed by atoms with E-state index >= 15 is 0 Å². The van der Waals surface area contributed by atoms with E-state index in [0.717, 1.165) is 12.8 Å². The third kappa shape index (κ3) is 2.57. The molecule has 2 aliphatic rings. The number of hydrogen-bond acceptors (Lipinski definition) is 2. The maximum atomic E-state index is 6.46. The minimum atomic E-state index is -0.256. The van der Waals surface area contributed by atoms with E-state index in [1.165, 1.54) is 5.56 Å². The van der Waals surface area contributed by atoms with Crippen LogP contribution in [0.15, 0.2) is 30.3 Å². The number of hydrogen-bond donors (Lipinski definition) is 0. The normalized spacial score (nSPS) is 32.7. The molecule has 1 aromatic carbocycles. The summed E-state index contributed by atoms with van der Waals surface area (Å²) in [7, 11) is -0.118. The topological polar surface area (TPSA) is 18.5 Å². The van der Waals surface area contributed by atoms with Gasteiger partial charge in [0.05, 0.1) is 11.2 Å². The molecule has 1 aliphatic carbocycles. The van der Waals surface area contributed by atoms with E-state index in [-0.39, 0.29) is 29.0 Å². The molecule has 0 amide bonds. The summed E-state index contributed by atoms with van der Waals surface area (Å²) in [6.45, 7) is 15.6. The molecule has 0 bridgehead atoms. The lowest BCUT2D eigenvalue weighted by Crippen LogP contribution is -2.52. The molecule has 1 aliphatic heterocycles. The van der Waals surface area contributed by atoms with E-state index in [0.29, 0.717) is 5.92 Å². The molecule has 1 saturated carbocycles. The summed E-state index contributed by atoms with van der Waals surface area (Å²) in [5.74, 6) is 0.620. The Morgan fingerprint density at radius 3 is 1.83 bits per heavy atom. The van der Waals surface area contributed by atoms with Crippen molar-refractivity contribution >= 4 is 7.12 Å². The lowest BCUT2D eigenvalue weighted by Gasteiger charge is -2.56. The first-order chi connectivity index (χ1) is 10.5. The lowest BCUT2D eigenvalue weighted by molar-refractivity contribution is 0.00578. The van der Waals surface area contributed by atoms with Crippen LogP contribution in [0.4, 0.5) is 0 Å². The molecule has 3 rings (SSSR count). The molecular formula is C20H31BO2. The quantitative estimate of drug-likeness (QED) is 0.676. The zero-order valence-corrected chi connectivity index (χ0v) is 15.8. The van der Waals surface area contributed by atoms with Gasteiger partial charge in [0, 0.05) is 5.31 Å². The Morgan fingerprint density at radius 1 is 0.913 bits per heavy atom. The SMILES string of the molecule is CC(C)(C)C1(B2OC(C)(C)C(C)(C)O2)CC(c2ccccc2)C1. The number of rotatable bonds is 2. The van der Waals surface area contributed by atoms with E-state index in [1.807, 2.05) is 0 Å². The van der Waals surface area contributed by atoms with Crippen LogP contribution in [0.5, 0.6) is 0 Å². The van der Waals surface area contributed by atoms with E-state index in [9.17, 15) is 0 Å². The van der Waals surface area contributed by atoms with Crippen LogP contribution >= 0.6 is 0 Å². The highest BCUT2D eigenvalue weighted by molar-refractivity contribution is 6.50. The summed E-state index contributed by atoms with van der Waals surface area (Å²) in [5, 5.41) is 0.0819. The van der Waals surface area contributed by atoms with Gasteiger partial charge in [0.1, 0.15) is 0 Å². The van der Waals surface area contributed by atoms with Gasteiger partial charge in [0.15, 0.2) is 0 Å². The molecule has 0 spiro atoms. The van der Waals surface area contributed by atoms with Gasteiger partial charge in [-0.15, -0.1) is 0 Å². The predicted molar refractivity (Wildman–Crippen MR) is 96.6 cm³/mol. The molecule has 0 atom stereocenters. The molecule has 1 aromatic rings. The Labute approximate surface area is 142 Å². The van der Waals surface area contributed by atoms with Crippen molar-refractivity contribution in [3.63, 3.8) is 0 Å². The van der Waals surface area contributed by atoms with Crippen LogP contribution in [0.1, 0.15) is 72.8 Å². The molecule has 0 aromatic heterocycles. The van der Waals surface area contributed by atoms with Crippen molar-refractivity contribution < 1.29 is 9.31 Å². The minimum absolute atomic E-state index is 0.0819. The average molecular weight is 314 g/mol. The zero-order chi connectivity index (χ0) is 17.1. The van der Waals surface area contributed by atoms with Gasteiger partial charge in [0.25, 0.3) is 0 Å². The van der Waals surface area contributed by atoms with Crippen LogP contribution in [0, 0.1) is 5.41 Å². The maximum absolute atomic E-state index is 6.46. The average Bonchev–Trinajstić information content (AvgIpc) is 2.56. The van der Waals surface area contributed by atoms with Gasteiger partial charge >= 0.3 is 7.12 Å². The summed E-state index contributed by atoms with van der Waals surface area (Å²) < 4.78 is 12.9. The van der Waals surface area contributed by atoms with Crippen molar-refractivity contribution in [2.24, 2.45) is 5.41 Å². The third-order valence-corrected chi connectivity index (χ3v) is 6.69. The Balaban J connectivity index is 1.85. The van der Waals surface area contributed by atoms with E-state index in [4.69, 9.17) is 9.31 Å². The van der Waals surface area contributed by atoms with Gasteiger partial charge in [-0.1, -0.05) is 51.1 Å². The van der Waals surface area contributed by atoms with Gasteiger partial charge in [0.2, 0.25) is 0 Å². The largest absolute Gasteiger partial charge is 0.465 e. The summed E-state index contributed by atoms with van der Waals surface area (Å²) in [6.07, 6.45) is 2.27. The highest BCUT2D eigenvalue weighted by atomic mass is 16.7. The summed E-state index contributed by atoms with van der Waals surface area (Å²) in [6, 6.07) is 10.9. The second-order valence-electron chi connectivity index (χ2n) is 9.51. The minimum Gasteiger partial charge on any atom is -0.403 e. The van der Waals surface area contributed by atoms with Crippen molar-refractivity contribution in [3.05, 3.63) is 35.9 Å². The standard InChI is InChI=1S/C20H31BO2/c1-17(2,3)20(21-22-18(4,5)19(6,7)23-21)13-16(14-20)15-11-9-8-10-12-15/h8-12,16H,13-14H2,1-7H3. The van der Waals surface area contributed by atoms with Crippen LogP contribution in [-0.4, -0.2) is 18.3 Å². The van der Waals surface area contributed by atoms with Crippen LogP contribution in [0.3, 0.4) is 0 Å². The molecule has 23 heavy (non-hydrogen) atoms. The van der Waals surface area contributed by atoms with E-state index in [2.05, 4.69) is 78.8 Å². The smallest absolute Gasteiger partial charge is 0.403 e. The molecule has 1 saturated heterocycles. The molecule has 126 valence electrons. The van der Waals surface area contributed by atoms with Gasteiger partial charge in [-0.2, -0.15) is 0 Å². The predicted octanol–water partition coefficient (Wildman–Crippen LogP) is 5.44. The second-order valence-corrected chi connectivity index (χ2v) is 9.51. The maximum Gasteiger partial charge on any atom is 0.465 e. The lowest BCUT2D eigenvalue weighted by atomic mass is 9.35. The Hall–Kier alpha value is -0.795. The molecule has 0 N–H and O–H groups in total. The van der Waals surface area contributed by atoms with Crippen LogP contribution in [-0.2, 0) is 9.31 Å². The van der Waals surface area contributed by atoms with E-state index < -0.39 is 0 Å². The highest BCUT2D eigenvalue weighted by Crippen LogP contribution is 2.69. The summed E-state index contributed by atoms with van der Waals surface area (Å²) >= 11 is 0. The third-order valence-electron chi connectivity index (χ3n) is 6.69. The summed E-state index contributed by atoms with van der Waals surface area (Å²) in [5.41, 5.74) is 1.09. The molecule has 3 heteroatoms. The van der Waals surface area contributed by atoms with Gasteiger partial charge in [-0.3, -0.25) is 0 Å². The van der Waals surface area contributed by atoms with Crippen molar-refractivity contribution in [3.8, 4) is 0 Å². The Bertz CT molecular complexity index is 549. The molecule has 2 fully saturated rings. The van der Waals surface area contributed by atoms with E-state index in [1.54, 1.807) is 0 Å². The van der Waals surface area contributed by atoms with Crippen molar-refractivity contribution in [2.45, 2.75) is 83.7 Å². The van der Waals surface area contributed by atoms with Crippen LogP contribution < -0.4 is 0 Å².